The first-order valence-electron chi connectivity index (χ1n) is 6.54. The number of halogens is 1. The summed E-state index contributed by atoms with van der Waals surface area (Å²) in [5, 5.41) is 9.19. The van der Waals surface area contributed by atoms with Crippen molar-refractivity contribution in [3.05, 3.63) is 34.9 Å². The molecule has 1 aromatic rings. The monoisotopic (exact) mass is 281 g/mol. The van der Waals surface area contributed by atoms with E-state index in [1.54, 1.807) is 0 Å². The van der Waals surface area contributed by atoms with Crippen LogP contribution in [0.2, 0.25) is 5.02 Å². The number of hydrogen-bond acceptors (Lipinski definition) is 2. The van der Waals surface area contributed by atoms with E-state index in [9.17, 15) is 4.79 Å². The van der Waals surface area contributed by atoms with Gasteiger partial charge in [0.15, 0.2) is 0 Å². The lowest BCUT2D eigenvalue weighted by Gasteiger charge is -2.24. The van der Waals surface area contributed by atoms with Crippen LogP contribution < -0.4 is 4.90 Å². The smallest absolute Gasteiger partial charge is 0.328 e. The first-order chi connectivity index (χ1) is 9.08. The number of anilines is 1. The predicted molar refractivity (Wildman–Crippen MR) is 80.9 cm³/mol. The summed E-state index contributed by atoms with van der Waals surface area (Å²) in [6.07, 6.45) is 4.77. The second kappa shape index (κ2) is 7.85. The van der Waals surface area contributed by atoms with Gasteiger partial charge in [0, 0.05) is 29.9 Å². The molecule has 0 radical (unpaired) electrons. The van der Waals surface area contributed by atoms with Gasteiger partial charge in [-0.05, 0) is 36.6 Å². The Morgan fingerprint density at radius 1 is 1.32 bits per heavy atom. The first-order valence-corrected chi connectivity index (χ1v) is 6.91. The molecule has 4 heteroatoms. The molecule has 0 aliphatic heterocycles. The average molecular weight is 282 g/mol. The Morgan fingerprint density at radius 3 is 2.42 bits per heavy atom. The van der Waals surface area contributed by atoms with Crippen molar-refractivity contribution >= 4 is 29.3 Å². The van der Waals surface area contributed by atoms with Gasteiger partial charge in [0.1, 0.15) is 0 Å². The summed E-state index contributed by atoms with van der Waals surface area (Å²) in [6, 6.07) is 5.74. The molecular formula is C15H20ClNO2. The fraction of sp³-hybridized carbons (Fsp3) is 0.400. The van der Waals surface area contributed by atoms with Crippen molar-refractivity contribution in [3.63, 3.8) is 0 Å². The second-order valence-electron chi connectivity index (χ2n) is 4.36. The van der Waals surface area contributed by atoms with Crippen LogP contribution in [-0.2, 0) is 4.79 Å². The Hall–Kier alpha value is -1.48. The zero-order valence-electron chi connectivity index (χ0n) is 11.4. The highest BCUT2D eigenvalue weighted by Gasteiger charge is 2.06. The van der Waals surface area contributed by atoms with E-state index in [4.69, 9.17) is 16.7 Å². The Kier molecular flexibility index (Phi) is 6.43. The molecule has 0 heterocycles. The SMILES string of the molecule is CCCN(CCC)c1ccc(/C=C/C(=O)O)c(Cl)c1. The molecule has 0 fully saturated rings. The van der Waals surface area contributed by atoms with Crippen LogP contribution in [0.1, 0.15) is 32.3 Å². The summed E-state index contributed by atoms with van der Waals surface area (Å²) in [5.41, 5.74) is 1.81. The number of carboxylic acids is 1. The summed E-state index contributed by atoms with van der Waals surface area (Å²) in [7, 11) is 0. The van der Waals surface area contributed by atoms with Crippen LogP contribution in [0.25, 0.3) is 6.08 Å². The van der Waals surface area contributed by atoms with Gasteiger partial charge in [0.2, 0.25) is 0 Å². The molecule has 1 N–H and O–H groups in total. The van der Waals surface area contributed by atoms with Crippen molar-refractivity contribution in [1.29, 1.82) is 0 Å². The van der Waals surface area contributed by atoms with Gasteiger partial charge in [-0.2, -0.15) is 0 Å². The summed E-state index contributed by atoms with van der Waals surface area (Å²) >= 11 is 6.19. The molecule has 0 atom stereocenters. The van der Waals surface area contributed by atoms with Crippen LogP contribution in [0.15, 0.2) is 24.3 Å². The number of aliphatic carboxylic acids is 1. The number of benzene rings is 1. The van der Waals surface area contributed by atoms with E-state index in [1.165, 1.54) is 6.08 Å². The maximum Gasteiger partial charge on any atom is 0.328 e. The zero-order valence-corrected chi connectivity index (χ0v) is 12.2. The Morgan fingerprint density at radius 2 is 1.95 bits per heavy atom. The lowest BCUT2D eigenvalue weighted by Crippen LogP contribution is -2.24. The molecule has 3 nitrogen and oxygen atoms in total. The molecule has 1 rings (SSSR count). The molecule has 104 valence electrons. The fourth-order valence-electron chi connectivity index (χ4n) is 1.92. The molecule has 0 saturated heterocycles. The van der Waals surface area contributed by atoms with Crippen molar-refractivity contribution in [2.45, 2.75) is 26.7 Å². The Balaban J connectivity index is 2.93. The average Bonchev–Trinajstić information content (AvgIpc) is 2.37. The van der Waals surface area contributed by atoms with Crippen molar-refractivity contribution in [2.75, 3.05) is 18.0 Å². The van der Waals surface area contributed by atoms with E-state index < -0.39 is 5.97 Å². The predicted octanol–water partition coefficient (Wildman–Crippen LogP) is 4.06. The molecule has 0 saturated carbocycles. The van der Waals surface area contributed by atoms with Crippen LogP contribution >= 0.6 is 11.6 Å². The molecule has 0 aliphatic rings. The van der Waals surface area contributed by atoms with Gasteiger partial charge >= 0.3 is 5.97 Å². The van der Waals surface area contributed by atoms with Crippen LogP contribution in [-0.4, -0.2) is 24.2 Å². The molecule has 0 aromatic heterocycles. The first kappa shape index (κ1) is 15.6. The van der Waals surface area contributed by atoms with Gasteiger partial charge < -0.3 is 10.0 Å². The summed E-state index contributed by atoms with van der Waals surface area (Å²) in [5.74, 6) is -0.973. The van der Waals surface area contributed by atoms with Crippen molar-refractivity contribution in [3.8, 4) is 0 Å². The van der Waals surface area contributed by atoms with Crippen LogP contribution in [0.5, 0.6) is 0 Å². The molecule has 19 heavy (non-hydrogen) atoms. The van der Waals surface area contributed by atoms with Gasteiger partial charge in [0.05, 0.1) is 0 Å². The van der Waals surface area contributed by atoms with Gasteiger partial charge in [-0.15, -0.1) is 0 Å². The van der Waals surface area contributed by atoms with E-state index in [2.05, 4.69) is 18.7 Å². The minimum atomic E-state index is -0.973. The lowest BCUT2D eigenvalue weighted by atomic mass is 10.1. The van der Waals surface area contributed by atoms with E-state index >= 15 is 0 Å². The quantitative estimate of drug-likeness (QED) is 0.766. The number of rotatable bonds is 7. The molecule has 0 unspecified atom stereocenters. The number of hydrogen-bond donors (Lipinski definition) is 1. The number of carbonyl (C=O) groups is 1. The molecule has 0 spiro atoms. The number of nitrogens with zero attached hydrogens (tertiary/aromatic N) is 1. The van der Waals surface area contributed by atoms with E-state index in [-0.39, 0.29) is 0 Å². The van der Waals surface area contributed by atoms with Crippen LogP contribution in [0.3, 0.4) is 0 Å². The molecule has 1 aromatic carbocycles. The number of carboxylic acid groups (broad SMARTS) is 1. The minimum Gasteiger partial charge on any atom is -0.478 e. The third-order valence-corrected chi connectivity index (χ3v) is 3.07. The molecule has 0 amide bonds. The minimum absolute atomic E-state index is 0.576. The summed E-state index contributed by atoms with van der Waals surface area (Å²) in [4.78, 5) is 12.8. The standard InChI is InChI=1S/C15H20ClNO2/c1-3-9-17(10-4-2)13-7-5-12(14(16)11-13)6-8-15(18)19/h5-8,11H,3-4,9-10H2,1-2H3,(H,18,19)/b8-6+. The highest BCUT2D eigenvalue weighted by molar-refractivity contribution is 6.32. The second-order valence-corrected chi connectivity index (χ2v) is 4.77. The summed E-state index contributed by atoms with van der Waals surface area (Å²) in [6.45, 7) is 6.28. The highest BCUT2D eigenvalue weighted by atomic mass is 35.5. The van der Waals surface area contributed by atoms with Crippen molar-refractivity contribution in [1.82, 2.24) is 0 Å². The van der Waals surface area contributed by atoms with Gasteiger partial charge in [0.25, 0.3) is 0 Å². The van der Waals surface area contributed by atoms with Gasteiger partial charge in [-0.3, -0.25) is 0 Å². The maximum absolute atomic E-state index is 10.5. The van der Waals surface area contributed by atoms with E-state index in [0.717, 1.165) is 43.3 Å². The normalized spacial score (nSPS) is 10.9. The van der Waals surface area contributed by atoms with Crippen LogP contribution in [0.4, 0.5) is 5.69 Å². The Labute approximate surface area is 119 Å². The van der Waals surface area contributed by atoms with E-state index in [0.29, 0.717) is 5.02 Å². The molecular weight excluding hydrogens is 262 g/mol. The molecule has 0 aliphatic carbocycles. The van der Waals surface area contributed by atoms with E-state index in [1.807, 2.05) is 18.2 Å². The van der Waals surface area contributed by atoms with Crippen LogP contribution in [0, 0.1) is 0 Å². The maximum atomic E-state index is 10.5. The lowest BCUT2D eigenvalue weighted by molar-refractivity contribution is -0.131. The van der Waals surface area contributed by atoms with Crippen molar-refractivity contribution < 1.29 is 9.90 Å². The zero-order chi connectivity index (χ0) is 14.3. The fourth-order valence-corrected chi connectivity index (χ4v) is 2.16. The topological polar surface area (TPSA) is 40.5 Å². The summed E-state index contributed by atoms with van der Waals surface area (Å²) < 4.78 is 0. The van der Waals surface area contributed by atoms with Gasteiger partial charge in [-0.1, -0.05) is 31.5 Å². The van der Waals surface area contributed by atoms with Crippen molar-refractivity contribution in [2.24, 2.45) is 0 Å². The largest absolute Gasteiger partial charge is 0.478 e. The van der Waals surface area contributed by atoms with Gasteiger partial charge in [-0.25, -0.2) is 4.79 Å². The Bertz CT molecular complexity index is 451. The third kappa shape index (κ3) is 4.95. The molecule has 0 bridgehead atoms. The third-order valence-electron chi connectivity index (χ3n) is 2.74. The highest BCUT2D eigenvalue weighted by Crippen LogP contribution is 2.25.